The quantitative estimate of drug-likeness (QED) is 0.853. The summed E-state index contributed by atoms with van der Waals surface area (Å²) in [5.41, 5.74) is 0. The zero-order valence-corrected chi connectivity index (χ0v) is 10.2. The fourth-order valence-electron chi connectivity index (χ4n) is 1.88. The molecule has 1 aromatic rings. The predicted octanol–water partition coefficient (Wildman–Crippen LogP) is 2.28. The van der Waals surface area contributed by atoms with Crippen LogP contribution in [0.4, 0.5) is 0 Å². The van der Waals surface area contributed by atoms with Gasteiger partial charge in [-0.05, 0) is 31.9 Å². The zero-order valence-electron chi connectivity index (χ0n) is 9.40. The van der Waals surface area contributed by atoms with Crippen molar-refractivity contribution in [2.45, 2.75) is 38.5 Å². The van der Waals surface area contributed by atoms with Gasteiger partial charge in [-0.15, -0.1) is 11.3 Å². The molecule has 1 aliphatic carbocycles. The van der Waals surface area contributed by atoms with Gasteiger partial charge in [-0.2, -0.15) is 5.26 Å². The van der Waals surface area contributed by atoms with Crippen molar-refractivity contribution in [2.24, 2.45) is 0 Å². The summed E-state index contributed by atoms with van der Waals surface area (Å²) in [7, 11) is 0. The van der Waals surface area contributed by atoms with E-state index in [0.29, 0.717) is 12.1 Å². The molecule has 0 amide bonds. The summed E-state index contributed by atoms with van der Waals surface area (Å²) < 4.78 is 5.50. The molecule has 1 aliphatic rings. The molecule has 1 heterocycles. The van der Waals surface area contributed by atoms with Crippen LogP contribution in [0.1, 0.15) is 29.5 Å². The fourth-order valence-corrected chi connectivity index (χ4v) is 2.64. The molecule has 1 saturated carbocycles. The van der Waals surface area contributed by atoms with Gasteiger partial charge in [0.2, 0.25) is 0 Å². The van der Waals surface area contributed by atoms with Gasteiger partial charge in [-0.1, -0.05) is 0 Å². The Balaban J connectivity index is 1.68. The summed E-state index contributed by atoms with van der Waals surface area (Å²) in [6.07, 6.45) is 2.69. The van der Waals surface area contributed by atoms with E-state index in [1.807, 2.05) is 19.1 Å². The molecule has 1 fully saturated rings. The third-order valence-corrected chi connectivity index (χ3v) is 3.82. The van der Waals surface area contributed by atoms with Crippen LogP contribution in [0.3, 0.4) is 0 Å². The number of nitriles is 1. The van der Waals surface area contributed by atoms with E-state index >= 15 is 0 Å². The number of rotatable bonds is 5. The second kappa shape index (κ2) is 5.44. The van der Waals surface area contributed by atoms with Crippen LogP contribution in [-0.2, 0) is 11.3 Å². The maximum absolute atomic E-state index is 8.70. The van der Waals surface area contributed by atoms with Crippen molar-refractivity contribution in [2.75, 3.05) is 6.61 Å². The molecule has 0 unspecified atom stereocenters. The Bertz CT molecular complexity index is 377. The van der Waals surface area contributed by atoms with Crippen molar-refractivity contribution < 1.29 is 4.74 Å². The van der Waals surface area contributed by atoms with E-state index in [0.717, 1.165) is 30.9 Å². The molecule has 1 N–H and O–H groups in total. The Hall–Kier alpha value is -0.890. The van der Waals surface area contributed by atoms with E-state index in [1.165, 1.54) is 4.88 Å². The van der Waals surface area contributed by atoms with Gasteiger partial charge in [0.25, 0.3) is 0 Å². The minimum Gasteiger partial charge on any atom is -0.378 e. The van der Waals surface area contributed by atoms with Crippen molar-refractivity contribution in [1.82, 2.24) is 5.32 Å². The topological polar surface area (TPSA) is 45.0 Å². The molecule has 3 nitrogen and oxygen atoms in total. The van der Waals surface area contributed by atoms with Gasteiger partial charge in [0.05, 0.1) is 6.10 Å². The molecule has 16 heavy (non-hydrogen) atoms. The molecular formula is C12H16N2OS. The lowest BCUT2D eigenvalue weighted by Gasteiger charge is -2.35. The third-order valence-electron chi connectivity index (χ3n) is 2.83. The second-order valence-corrected chi connectivity index (χ2v) is 5.17. The molecule has 1 aromatic heterocycles. The molecule has 4 heteroatoms. The molecule has 0 saturated heterocycles. The minimum atomic E-state index is 0.459. The number of hydrogen-bond acceptors (Lipinski definition) is 4. The van der Waals surface area contributed by atoms with Crippen LogP contribution >= 0.6 is 11.3 Å². The monoisotopic (exact) mass is 236 g/mol. The SMILES string of the molecule is CCOC1CC(NCc2ccc(C#N)s2)C1. The highest BCUT2D eigenvalue weighted by molar-refractivity contribution is 7.12. The van der Waals surface area contributed by atoms with Crippen molar-refractivity contribution in [3.63, 3.8) is 0 Å². The lowest BCUT2D eigenvalue weighted by atomic mass is 9.89. The molecule has 0 atom stereocenters. The van der Waals surface area contributed by atoms with E-state index in [-0.39, 0.29) is 0 Å². The number of nitrogens with zero attached hydrogens (tertiary/aromatic N) is 1. The zero-order chi connectivity index (χ0) is 11.4. The summed E-state index contributed by atoms with van der Waals surface area (Å²) in [5.74, 6) is 0. The van der Waals surface area contributed by atoms with Crippen LogP contribution in [0.15, 0.2) is 12.1 Å². The molecule has 0 radical (unpaired) electrons. The van der Waals surface area contributed by atoms with Gasteiger partial charge in [-0.25, -0.2) is 0 Å². The average molecular weight is 236 g/mol. The van der Waals surface area contributed by atoms with Crippen molar-refractivity contribution >= 4 is 11.3 Å². The van der Waals surface area contributed by atoms with E-state index in [4.69, 9.17) is 10.00 Å². The van der Waals surface area contributed by atoms with Crippen LogP contribution in [0.25, 0.3) is 0 Å². The Morgan fingerprint density at radius 2 is 2.38 bits per heavy atom. The molecule has 86 valence electrons. The van der Waals surface area contributed by atoms with Crippen LogP contribution in [0.2, 0.25) is 0 Å². The van der Waals surface area contributed by atoms with Crippen molar-refractivity contribution in [3.05, 3.63) is 21.9 Å². The highest BCUT2D eigenvalue weighted by atomic mass is 32.1. The summed E-state index contributed by atoms with van der Waals surface area (Å²) in [5, 5.41) is 12.2. The lowest BCUT2D eigenvalue weighted by Crippen LogP contribution is -2.44. The normalized spacial score (nSPS) is 23.8. The van der Waals surface area contributed by atoms with Crippen molar-refractivity contribution in [1.29, 1.82) is 5.26 Å². The molecular weight excluding hydrogens is 220 g/mol. The van der Waals surface area contributed by atoms with Crippen LogP contribution in [-0.4, -0.2) is 18.8 Å². The molecule has 0 aliphatic heterocycles. The fraction of sp³-hybridized carbons (Fsp3) is 0.583. The van der Waals surface area contributed by atoms with Gasteiger partial charge in [0.15, 0.2) is 0 Å². The van der Waals surface area contributed by atoms with Crippen LogP contribution < -0.4 is 5.32 Å². The van der Waals surface area contributed by atoms with Gasteiger partial charge in [-0.3, -0.25) is 0 Å². The first-order chi connectivity index (χ1) is 7.81. The first-order valence-corrected chi connectivity index (χ1v) is 6.47. The summed E-state index contributed by atoms with van der Waals surface area (Å²) in [4.78, 5) is 2.02. The van der Waals surface area contributed by atoms with E-state index in [2.05, 4.69) is 11.4 Å². The lowest BCUT2D eigenvalue weighted by molar-refractivity contribution is -0.0101. The largest absolute Gasteiger partial charge is 0.378 e. The van der Waals surface area contributed by atoms with E-state index in [1.54, 1.807) is 11.3 Å². The number of ether oxygens (including phenoxy) is 1. The number of hydrogen-bond donors (Lipinski definition) is 1. The first-order valence-electron chi connectivity index (χ1n) is 5.65. The smallest absolute Gasteiger partial charge is 0.110 e. The van der Waals surface area contributed by atoms with Gasteiger partial charge >= 0.3 is 0 Å². The molecule has 0 aromatic carbocycles. The van der Waals surface area contributed by atoms with Gasteiger partial charge < -0.3 is 10.1 Å². The predicted molar refractivity (Wildman–Crippen MR) is 64.3 cm³/mol. The average Bonchev–Trinajstić information content (AvgIpc) is 2.69. The first kappa shape index (κ1) is 11.6. The maximum Gasteiger partial charge on any atom is 0.110 e. The summed E-state index contributed by atoms with van der Waals surface area (Å²) >= 11 is 1.57. The number of thiophene rings is 1. The molecule has 2 rings (SSSR count). The van der Waals surface area contributed by atoms with E-state index in [9.17, 15) is 0 Å². The van der Waals surface area contributed by atoms with Crippen LogP contribution in [0, 0.1) is 11.3 Å². The standard InChI is InChI=1S/C12H16N2OS/c1-2-15-10-5-9(6-10)14-8-12-4-3-11(7-13)16-12/h3-4,9-10,14H,2,5-6,8H2,1H3. The minimum absolute atomic E-state index is 0.459. The molecule has 0 spiro atoms. The summed E-state index contributed by atoms with van der Waals surface area (Å²) in [6, 6.07) is 6.65. The van der Waals surface area contributed by atoms with Crippen molar-refractivity contribution in [3.8, 4) is 6.07 Å². The van der Waals surface area contributed by atoms with Gasteiger partial charge in [0, 0.05) is 24.1 Å². The van der Waals surface area contributed by atoms with Gasteiger partial charge in [0.1, 0.15) is 10.9 Å². The Morgan fingerprint density at radius 3 is 3.00 bits per heavy atom. The summed E-state index contributed by atoms with van der Waals surface area (Å²) in [6.45, 7) is 3.72. The highest BCUT2D eigenvalue weighted by Crippen LogP contribution is 2.24. The molecule has 0 bridgehead atoms. The number of nitrogens with one attached hydrogen (secondary N) is 1. The maximum atomic E-state index is 8.70. The van der Waals surface area contributed by atoms with Crippen LogP contribution in [0.5, 0.6) is 0 Å². The Morgan fingerprint density at radius 1 is 1.56 bits per heavy atom. The third kappa shape index (κ3) is 2.82. The Labute approximate surface area is 100 Å². The second-order valence-electron chi connectivity index (χ2n) is 4.00. The van der Waals surface area contributed by atoms with E-state index < -0.39 is 0 Å². The highest BCUT2D eigenvalue weighted by Gasteiger charge is 2.28. The Kier molecular flexibility index (Phi) is 3.94.